The molecule has 14 nitrogen and oxygen atoms in total. The summed E-state index contributed by atoms with van der Waals surface area (Å²) in [4.78, 5) is 72.4. The number of carboxylic acid groups (broad SMARTS) is 1. The molecule has 4 aromatic carbocycles. The van der Waals surface area contributed by atoms with Crippen LogP contribution in [0.4, 0.5) is 0 Å². The highest BCUT2D eigenvalue weighted by atomic mass is 16.5. The van der Waals surface area contributed by atoms with E-state index >= 15 is 0 Å². The number of hydrogen-bond donors (Lipinski definition) is 4. The molecule has 0 aliphatic carbocycles. The molecule has 0 fully saturated rings. The van der Waals surface area contributed by atoms with Crippen molar-refractivity contribution in [2.45, 2.75) is 74.3 Å². The van der Waals surface area contributed by atoms with E-state index in [1.54, 1.807) is 58.0 Å². The van der Waals surface area contributed by atoms with Crippen LogP contribution in [0.5, 0.6) is 11.5 Å². The average molecular weight is 832 g/mol. The van der Waals surface area contributed by atoms with Crippen molar-refractivity contribution < 1.29 is 43.3 Å². The van der Waals surface area contributed by atoms with Gasteiger partial charge in [0.1, 0.15) is 11.5 Å². The predicted octanol–water partition coefficient (Wildman–Crippen LogP) is 6.34. The molecule has 6 aromatic rings. The summed E-state index contributed by atoms with van der Waals surface area (Å²) in [6.07, 6.45) is -1.99. The number of nitrogens with zero attached hydrogens (tertiary/aromatic N) is 2. The number of fused-ring (bicyclic) bond motifs is 2. The van der Waals surface area contributed by atoms with Crippen LogP contribution in [-0.4, -0.2) is 61.7 Å². The summed E-state index contributed by atoms with van der Waals surface area (Å²) in [5.74, 6) is -5.43. The Hall–Kier alpha value is -7.22. The van der Waals surface area contributed by atoms with Gasteiger partial charge in [0.2, 0.25) is 0 Å². The molecule has 2 aromatic heterocycles. The van der Waals surface area contributed by atoms with Gasteiger partial charge in [0.15, 0.2) is 12.2 Å². The third-order valence-electron chi connectivity index (χ3n) is 10.1. The van der Waals surface area contributed by atoms with Crippen molar-refractivity contribution in [1.82, 2.24) is 9.13 Å². The molecule has 0 radical (unpaired) electrons. The van der Waals surface area contributed by atoms with Crippen LogP contribution in [0.1, 0.15) is 78.4 Å². The Bertz CT molecular complexity index is 2410. The highest BCUT2D eigenvalue weighted by Gasteiger charge is 2.31. The van der Waals surface area contributed by atoms with E-state index in [0.717, 1.165) is 11.1 Å². The fourth-order valence-electron chi connectivity index (χ4n) is 7.19. The predicted molar refractivity (Wildman–Crippen MR) is 234 cm³/mol. The molecule has 2 heterocycles. The minimum Gasteiger partial charge on any atom is -0.480 e. The van der Waals surface area contributed by atoms with Gasteiger partial charge in [-0.15, -0.1) is 0 Å². The number of ether oxygens (including phenoxy) is 2. The third-order valence-corrected chi connectivity index (χ3v) is 10.1. The summed E-state index contributed by atoms with van der Waals surface area (Å²) in [6, 6.07) is 29.8. The smallest absolute Gasteiger partial charge is 0.345 e. The molecule has 2 unspecified atom stereocenters. The third kappa shape index (κ3) is 9.98. The standard InChI is InChI=1S/C23H25N3O4.C23H24N2O5.CH4/c1-13(2)21(23(25)29)30-17-11-7-10-16-19(17)18(20(27)22(24)28)14(3)26(16)12-15-8-5-4-6-9-15;1-13(2)21(23(28)29)30-17-11-7-10-16-19(17)18(20(26)22(24)27)14(3)25(16)12-15-8-5-4-6-9-15;/h4-11,13,21H,12H2,1-3H3,(H2,24,28)(H2,25,29);4-11,13,21H,12H2,1-3H3,(H2,24,27)(H,28,29);1H4. The number of benzene rings is 4. The molecule has 0 saturated heterocycles. The number of rotatable bonds is 16. The molecular weight excluding hydrogens is 779 g/mol. The zero-order chi connectivity index (χ0) is 44.0. The summed E-state index contributed by atoms with van der Waals surface area (Å²) in [5.41, 5.74) is 21.0. The monoisotopic (exact) mass is 831 g/mol. The van der Waals surface area contributed by atoms with Crippen LogP contribution >= 0.6 is 0 Å². The maximum atomic E-state index is 12.7. The number of aliphatic carboxylic acids is 1. The Morgan fingerprint density at radius 2 is 0.918 bits per heavy atom. The van der Waals surface area contributed by atoms with E-state index in [-0.39, 0.29) is 36.1 Å². The summed E-state index contributed by atoms with van der Waals surface area (Å²) in [6.45, 7) is 11.6. The zero-order valence-electron chi connectivity index (χ0n) is 34.3. The van der Waals surface area contributed by atoms with Crippen LogP contribution in [0, 0.1) is 25.7 Å². The van der Waals surface area contributed by atoms with E-state index in [1.807, 2.05) is 89.7 Å². The first-order chi connectivity index (χ1) is 28.4. The molecule has 0 saturated carbocycles. The maximum absolute atomic E-state index is 12.7. The fourth-order valence-corrected chi connectivity index (χ4v) is 7.19. The number of amides is 3. The summed E-state index contributed by atoms with van der Waals surface area (Å²) < 4.78 is 15.6. The van der Waals surface area contributed by atoms with Crippen molar-refractivity contribution in [3.05, 3.63) is 131 Å². The van der Waals surface area contributed by atoms with Gasteiger partial charge >= 0.3 is 5.97 Å². The van der Waals surface area contributed by atoms with Crippen molar-refractivity contribution in [3.63, 3.8) is 0 Å². The normalized spacial score (nSPS) is 11.9. The topological polar surface area (TPSA) is 229 Å². The van der Waals surface area contributed by atoms with Crippen molar-refractivity contribution in [2.75, 3.05) is 0 Å². The highest BCUT2D eigenvalue weighted by molar-refractivity contribution is 6.45. The maximum Gasteiger partial charge on any atom is 0.345 e. The first-order valence-electron chi connectivity index (χ1n) is 19.3. The minimum absolute atomic E-state index is 0. The number of hydrogen-bond acceptors (Lipinski definition) is 8. The van der Waals surface area contributed by atoms with Gasteiger partial charge in [-0.2, -0.15) is 0 Å². The van der Waals surface area contributed by atoms with Crippen molar-refractivity contribution >= 4 is 57.1 Å². The fraction of sp³-hybridized carbons (Fsp3) is 0.277. The molecule has 0 bridgehead atoms. The van der Waals surface area contributed by atoms with E-state index in [1.165, 1.54) is 0 Å². The lowest BCUT2D eigenvalue weighted by atomic mass is 10.0. The lowest BCUT2D eigenvalue weighted by Crippen LogP contribution is -2.38. The molecule has 0 spiro atoms. The lowest BCUT2D eigenvalue weighted by molar-refractivity contribution is -0.147. The summed E-state index contributed by atoms with van der Waals surface area (Å²) >= 11 is 0. The first kappa shape index (κ1) is 46.5. The lowest BCUT2D eigenvalue weighted by Gasteiger charge is -2.20. The molecule has 61 heavy (non-hydrogen) atoms. The van der Waals surface area contributed by atoms with Crippen LogP contribution in [0.3, 0.4) is 0 Å². The van der Waals surface area contributed by atoms with Crippen LogP contribution < -0.4 is 26.7 Å². The quantitative estimate of drug-likeness (QED) is 0.0629. The largest absolute Gasteiger partial charge is 0.480 e. The number of primary amides is 3. The molecule has 320 valence electrons. The Morgan fingerprint density at radius 3 is 1.23 bits per heavy atom. The number of Topliss-reactive ketones (excluding diaryl/α,β-unsaturated/α-hetero) is 2. The highest BCUT2D eigenvalue weighted by Crippen LogP contribution is 2.37. The summed E-state index contributed by atoms with van der Waals surface area (Å²) in [5, 5.41) is 10.4. The Labute approximate surface area is 354 Å². The Balaban J connectivity index is 0.000000264. The SMILES string of the molecule is C.Cc1c(C(=O)C(N)=O)c2c(OC(C(=O)O)C(C)C)cccc2n1Cc1ccccc1.Cc1c(C(=O)C(N)=O)c2c(OC(C(N)=O)C(C)C)cccc2n1Cc1ccccc1. The van der Waals surface area contributed by atoms with Gasteiger partial charge in [-0.3, -0.25) is 24.0 Å². The van der Waals surface area contributed by atoms with Gasteiger partial charge in [-0.05, 0) is 55.2 Å². The number of carbonyl (C=O) groups excluding carboxylic acids is 5. The molecule has 0 aliphatic heterocycles. The van der Waals surface area contributed by atoms with Gasteiger partial charge in [0.05, 0.1) is 32.9 Å². The van der Waals surface area contributed by atoms with E-state index in [9.17, 15) is 33.9 Å². The molecule has 0 aliphatic rings. The number of nitrogens with two attached hydrogens (primary N) is 3. The Kier molecular flexibility index (Phi) is 15.0. The van der Waals surface area contributed by atoms with E-state index in [0.29, 0.717) is 52.0 Å². The van der Waals surface area contributed by atoms with Gasteiger partial charge in [-0.1, -0.05) is 108 Å². The zero-order valence-corrected chi connectivity index (χ0v) is 34.3. The van der Waals surface area contributed by atoms with Crippen molar-refractivity contribution in [3.8, 4) is 11.5 Å². The second-order valence-electron chi connectivity index (χ2n) is 15.1. The number of aromatic nitrogens is 2. The average Bonchev–Trinajstić information content (AvgIpc) is 3.65. The molecular formula is C47H53N5O9. The van der Waals surface area contributed by atoms with Gasteiger partial charge in [0, 0.05) is 30.4 Å². The minimum atomic E-state index is -1.11. The van der Waals surface area contributed by atoms with Crippen LogP contribution in [0.25, 0.3) is 21.8 Å². The Morgan fingerprint density at radius 1 is 0.557 bits per heavy atom. The second-order valence-corrected chi connectivity index (χ2v) is 15.1. The van der Waals surface area contributed by atoms with E-state index in [2.05, 4.69) is 0 Å². The number of ketones is 2. The number of carbonyl (C=O) groups is 6. The van der Waals surface area contributed by atoms with E-state index in [4.69, 9.17) is 26.7 Å². The van der Waals surface area contributed by atoms with Gasteiger partial charge in [0.25, 0.3) is 29.3 Å². The van der Waals surface area contributed by atoms with E-state index < -0.39 is 47.5 Å². The van der Waals surface area contributed by atoms with Gasteiger partial charge in [-0.25, -0.2) is 4.79 Å². The summed E-state index contributed by atoms with van der Waals surface area (Å²) in [7, 11) is 0. The van der Waals surface area contributed by atoms with Gasteiger partial charge < -0.3 is 40.9 Å². The van der Waals surface area contributed by atoms with Crippen LogP contribution in [0.2, 0.25) is 0 Å². The number of carboxylic acids is 1. The second kappa shape index (κ2) is 19.7. The molecule has 14 heteroatoms. The van der Waals surface area contributed by atoms with Crippen LogP contribution in [-0.2, 0) is 32.3 Å². The van der Waals surface area contributed by atoms with Crippen LogP contribution in [0.15, 0.2) is 97.1 Å². The van der Waals surface area contributed by atoms with Crippen molar-refractivity contribution in [2.24, 2.45) is 29.0 Å². The van der Waals surface area contributed by atoms with Crippen molar-refractivity contribution in [1.29, 1.82) is 0 Å². The molecule has 3 amide bonds. The molecule has 6 rings (SSSR count). The molecule has 2 atom stereocenters. The first-order valence-corrected chi connectivity index (χ1v) is 19.3. The molecule has 7 N–H and O–H groups in total.